The van der Waals surface area contributed by atoms with Crippen LogP contribution in [0.4, 0.5) is 5.69 Å². The number of fused-ring (bicyclic) bond motifs is 1. The fourth-order valence-corrected chi connectivity index (χ4v) is 3.15. The van der Waals surface area contributed by atoms with Crippen molar-refractivity contribution in [2.75, 3.05) is 5.73 Å². The maximum Gasteiger partial charge on any atom is 0.263 e. The summed E-state index contributed by atoms with van der Waals surface area (Å²) in [6.45, 7) is 6.18. The molecule has 0 spiro atoms. The molecule has 0 unspecified atom stereocenters. The van der Waals surface area contributed by atoms with Crippen LogP contribution in [-0.4, -0.2) is 11.9 Å². The highest BCUT2D eigenvalue weighted by atomic mass is 32.1. The van der Waals surface area contributed by atoms with Crippen LogP contribution < -0.4 is 11.1 Å². The lowest BCUT2D eigenvalue weighted by Gasteiger charge is -2.14. The van der Waals surface area contributed by atoms with E-state index in [0.29, 0.717) is 10.6 Å². The van der Waals surface area contributed by atoms with E-state index < -0.39 is 0 Å². The van der Waals surface area contributed by atoms with Crippen LogP contribution in [0.5, 0.6) is 0 Å². The first-order valence-electron chi connectivity index (χ1n) is 6.66. The number of rotatable bonds is 4. The molecule has 1 aromatic heterocycles. The van der Waals surface area contributed by atoms with Gasteiger partial charge in [0.05, 0.1) is 5.69 Å². The summed E-state index contributed by atoms with van der Waals surface area (Å²) >= 11 is 1.47. The number of nitrogens with one attached hydrogen (secondary N) is 1. The first-order valence-corrected chi connectivity index (χ1v) is 7.47. The highest BCUT2D eigenvalue weighted by molar-refractivity contribution is 7.21. The summed E-state index contributed by atoms with van der Waals surface area (Å²) in [4.78, 5) is 12.9. The lowest BCUT2D eigenvalue weighted by Crippen LogP contribution is -2.33. The van der Waals surface area contributed by atoms with Gasteiger partial charge in [0.15, 0.2) is 0 Å². The van der Waals surface area contributed by atoms with E-state index in [9.17, 15) is 4.79 Å². The molecule has 4 heteroatoms. The third-order valence-corrected chi connectivity index (χ3v) is 4.59. The summed E-state index contributed by atoms with van der Waals surface area (Å²) in [6.07, 6.45) is 1.87. The quantitative estimate of drug-likeness (QED) is 0.894. The second kappa shape index (κ2) is 5.61. The number of nitrogens with two attached hydrogens (primary N) is 1. The second-order valence-electron chi connectivity index (χ2n) is 4.83. The number of thiophene rings is 1. The molecule has 102 valence electrons. The van der Waals surface area contributed by atoms with Gasteiger partial charge in [-0.05, 0) is 31.9 Å². The number of amides is 1. The number of aryl methyl sites for hydroxylation is 1. The zero-order chi connectivity index (χ0) is 14.0. The average molecular weight is 276 g/mol. The Hall–Kier alpha value is -1.55. The average Bonchev–Trinajstić information content (AvgIpc) is 2.73. The van der Waals surface area contributed by atoms with Crippen LogP contribution >= 0.6 is 11.3 Å². The first-order chi connectivity index (χ1) is 9.06. The number of hydrogen-bond donors (Lipinski definition) is 2. The minimum Gasteiger partial charge on any atom is -0.397 e. The molecule has 1 heterocycles. The van der Waals surface area contributed by atoms with Crippen LogP contribution in [0.25, 0.3) is 10.1 Å². The molecule has 3 nitrogen and oxygen atoms in total. The molecule has 2 rings (SSSR count). The van der Waals surface area contributed by atoms with Crippen molar-refractivity contribution in [2.45, 2.75) is 39.7 Å². The third-order valence-electron chi connectivity index (χ3n) is 3.41. The topological polar surface area (TPSA) is 55.1 Å². The number of nitrogen functional groups attached to an aromatic ring is 1. The van der Waals surface area contributed by atoms with Gasteiger partial charge in [0.2, 0.25) is 0 Å². The summed E-state index contributed by atoms with van der Waals surface area (Å²) in [7, 11) is 0. The van der Waals surface area contributed by atoms with E-state index in [-0.39, 0.29) is 11.9 Å². The Kier molecular flexibility index (Phi) is 4.10. The highest BCUT2D eigenvalue weighted by Crippen LogP contribution is 2.34. The van der Waals surface area contributed by atoms with Gasteiger partial charge in [-0.1, -0.05) is 25.5 Å². The summed E-state index contributed by atoms with van der Waals surface area (Å²) in [6, 6.07) is 6.33. The molecule has 0 fully saturated rings. The predicted octanol–water partition coefficient (Wildman–Crippen LogP) is 3.71. The van der Waals surface area contributed by atoms with Crippen LogP contribution in [0.2, 0.25) is 0 Å². The van der Waals surface area contributed by atoms with Crippen LogP contribution in [0.1, 0.15) is 41.9 Å². The molecule has 0 aliphatic rings. The largest absolute Gasteiger partial charge is 0.397 e. The Labute approximate surface area is 117 Å². The number of carbonyl (C=O) groups is 1. The Bertz CT molecular complexity index is 599. The zero-order valence-corrected chi connectivity index (χ0v) is 12.4. The molecular weight excluding hydrogens is 256 g/mol. The molecule has 0 aliphatic carbocycles. The van der Waals surface area contributed by atoms with E-state index in [1.54, 1.807) is 0 Å². The zero-order valence-electron chi connectivity index (χ0n) is 11.6. The van der Waals surface area contributed by atoms with Gasteiger partial charge in [-0.3, -0.25) is 4.79 Å². The van der Waals surface area contributed by atoms with Gasteiger partial charge in [0.1, 0.15) is 4.88 Å². The molecular formula is C15H20N2OS. The molecule has 0 atom stereocenters. The van der Waals surface area contributed by atoms with Crippen LogP contribution in [-0.2, 0) is 0 Å². The molecule has 0 saturated carbocycles. The minimum atomic E-state index is -0.0509. The van der Waals surface area contributed by atoms with Crippen molar-refractivity contribution in [1.29, 1.82) is 0 Å². The van der Waals surface area contributed by atoms with Crippen molar-refractivity contribution in [3.05, 3.63) is 28.6 Å². The lowest BCUT2D eigenvalue weighted by atomic mass is 10.1. The van der Waals surface area contributed by atoms with E-state index >= 15 is 0 Å². The van der Waals surface area contributed by atoms with Gasteiger partial charge in [-0.2, -0.15) is 0 Å². The fourth-order valence-electron chi connectivity index (χ4n) is 2.14. The summed E-state index contributed by atoms with van der Waals surface area (Å²) < 4.78 is 1.07. The molecule has 2 aromatic rings. The lowest BCUT2D eigenvalue weighted by molar-refractivity contribution is 0.0940. The molecule has 0 radical (unpaired) electrons. The van der Waals surface area contributed by atoms with Crippen LogP contribution in [0.15, 0.2) is 18.2 Å². The Morgan fingerprint density at radius 1 is 1.37 bits per heavy atom. The van der Waals surface area contributed by atoms with E-state index in [1.807, 2.05) is 25.1 Å². The van der Waals surface area contributed by atoms with Crippen molar-refractivity contribution >= 4 is 33.0 Å². The van der Waals surface area contributed by atoms with Gasteiger partial charge in [0, 0.05) is 16.1 Å². The normalized spacial score (nSPS) is 11.2. The summed E-state index contributed by atoms with van der Waals surface area (Å²) in [5, 5.41) is 4.03. The SMILES string of the molecule is CCC(CC)NC(=O)c1sc2ccc(C)cc2c1N. The Balaban J connectivity index is 2.35. The molecule has 1 amide bonds. The van der Waals surface area contributed by atoms with Crippen molar-refractivity contribution in [1.82, 2.24) is 5.32 Å². The Morgan fingerprint density at radius 3 is 2.68 bits per heavy atom. The third kappa shape index (κ3) is 2.73. The van der Waals surface area contributed by atoms with Crippen molar-refractivity contribution in [3.8, 4) is 0 Å². The van der Waals surface area contributed by atoms with Gasteiger partial charge in [0.25, 0.3) is 5.91 Å². The van der Waals surface area contributed by atoms with E-state index in [1.165, 1.54) is 11.3 Å². The van der Waals surface area contributed by atoms with Crippen LogP contribution in [0.3, 0.4) is 0 Å². The molecule has 3 N–H and O–H groups in total. The summed E-state index contributed by atoms with van der Waals surface area (Å²) in [5.41, 5.74) is 7.88. The highest BCUT2D eigenvalue weighted by Gasteiger charge is 2.18. The standard InChI is InChI=1S/C15H20N2OS/c1-4-10(5-2)17-15(18)14-13(16)11-8-9(3)6-7-12(11)19-14/h6-8,10H,4-5,16H2,1-3H3,(H,17,18). The van der Waals surface area contributed by atoms with E-state index in [2.05, 4.69) is 19.2 Å². The smallest absolute Gasteiger partial charge is 0.263 e. The van der Waals surface area contributed by atoms with E-state index in [0.717, 1.165) is 28.5 Å². The first kappa shape index (κ1) is 13.9. The number of hydrogen-bond acceptors (Lipinski definition) is 3. The minimum absolute atomic E-state index is 0.0509. The van der Waals surface area contributed by atoms with Gasteiger partial charge >= 0.3 is 0 Å². The van der Waals surface area contributed by atoms with Gasteiger partial charge in [-0.15, -0.1) is 11.3 Å². The fraction of sp³-hybridized carbons (Fsp3) is 0.400. The number of anilines is 1. The van der Waals surface area contributed by atoms with Gasteiger partial charge in [-0.25, -0.2) is 0 Å². The monoisotopic (exact) mass is 276 g/mol. The number of carbonyl (C=O) groups excluding carboxylic acids is 1. The van der Waals surface area contributed by atoms with Gasteiger partial charge < -0.3 is 11.1 Å². The molecule has 0 bridgehead atoms. The number of benzene rings is 1. The van der Waals surface area contributed by atoms with Crippen molar-refractivity contribution < 1.29 is 4.79 Å². The molecule has 19 heavy (non-hydrogen) atoms. The van der Waals surface area contributed by atoms with Crippen molar-refractivity contribution in [3.63, 3.8) is 0 Å². The molecule has 0 saturated heterocycles. The molecule has 0 aliphatic heterocycles. The summed E-state index contributed by atoms with van der Waals surface area (Å²) in [5.74, 6) is -0.0509. The van der Waals surface area contributed by atoms with E-state index in [4.69, 9.17) is 5.73 Å². The second-order valence-corrected chi connectivity index (χ2v) is 5.88. The van der Waals surface area contributed by atoms with Crippen LogP contribution in [0, 0.1) is 6.92 Å². The van der Waals surface area contributed by atoms with Crippen molar-refractivity contribution in [2.24, 2.45) is 0 Å². The Morgan fingerprint density at radius 2 is 2.05 bits per heavy atom. The maximum atomic E-state index is 12.3. The predicted molar refractivity (Wildman–Crippen MR) is 82.8 cm³/mol. The maximum absolute atomic E-state index is 12.3. The molecule has 1 aromatic carbocycles.